The second-order valence-corrected chi connectivity index (χ2v) is 7.74. The quantitative estimate of drug-likeness (QED) is 0.686. The Morgan fingerprint density at radius 2 is 2.29 bits per heavy atom. The first-order chi connectivity index (χ1) is 9.90. The summed E-state index contributed by atoms with van der Waals surface area (Å²) in [6.45, 7) is 0.0445. The van der Waals surface area contributed by atoms with Crippen LogP contribution in [0.15, 0.2) is 16.3 Å². The van der Waals surface area contributed by atoms with Gasteiger partial charge >= 0.3 is 0 Å². The van der Waals surface area contributed by atoms with E-state index in [4.69, 9.17) is 5.11 Å². The SMILES string of the molecule is CNC(=O)c1cc(S(=O)(=O)N2CC[C@H](CO)[C@H](O)C2)cs1. The highest BCUT2D eigenvalue weighted by molar-refractivity contribution is 7.89. The number of aliphatic hydroxyl groups is 2. The maximum absolute atomic E-state index is 12.5. The van der Waals surface area contributed by atoms with E-state index in [9.17, 15) is 18.3 Å². The Morgan fingerprint density at radius 3 is 2.86 bits per heavy atom. The summed E-state index contributed by atoms with van der Waals surface area (Å²) in [5.74, 6) is -0.624. The lowest BCUT2D eigenvalue weighted by Gasteiger charge is -2.34. The fourth-order valence-corrected chi connectivity index (χ4v) is 4.91. The van der Waals surface area contributed by atoms with Crippen LogP contribution in [0.25, 0.3) is 0 Å². The molecule has 0 bridgehead atoms. The number of carbonyl (C=O) groups excluding carboxylic acids is 1. The average molecular weight is 334 g/mol. The van der Waals surface area contributed by atoms with Crippen molar-refractivity contribution in [2.24, 2.45) is 5.92 Å². The molecular weight excluding hydrogens is 316 g/mol. The minimum Gasteiger partial charge on any atom is -0.396 e. The number of sulfonamides is 1. The summed E-state index contributed by atoms with van der Waals surface area (Å²) in [6.07, 6.45) is -0.473. The molecule has 7 nitrogen and oxygen atoms in total. The summed E-state index contributed by atoms with van der Waals surface area (Å²) < 4.78 is 26.2. The molecule has 1 aromatic rings. The number of rotatable bonds is 4. The lowest BCUT2D eigenvalue weighted by molar-refractivity contribution is 0.0222. The van der Waals surface area contributed by atoms with Crippen molar-refractivity contribution in [2.75, 3.05) is 26.7 Å². The third kappa shape index (κ3) is 3.27. The number of nitrogens with zero attached hydrogens (tertiary/aromatic N) is 1. The third-order valence-corrected chi connectivity index (χ3v) is 6.50. The molecule has 1 aliphatic heterocycles. The van der Waals surface area contributed by atoms with Crippen molar-refractivity contribution >= 4 is 27.3 Å². The molecule has 2 atom stereocenters. The van der Waals surface area contributed by atoms with Gasteiger partial charge in [-0.15, -0.1) is 11.3 Å². The van der Waals surface area contributed by atoms with Gasteiger partial charge in [0.25, 0.3) is 5.91 Å². The minimum atomic E-state index is -3.73. The van der Waals surface area contributed by atoms with Crippen molar-refractivity contribution in [2.45, 2.75) is 17.4 Å². The molecule has 1 fully saturated rings. The zero-order chi connectivity index (χ0) is 15.6. The van der Waals surface area contributed by atoms with Crippen LogP contribution in [0.2, 0.25) is 0 Å². The first kappa shape index (κ1) is 16.4. The lowest BCUT2D eigenvalue weighted by Crippen LogP contribution is -2.47. The minimum absolute atomic E-state index is 0.0429. The van der Waals surface area contributed by atoms with Gasteiger partial charge in [-0.25, -0.2) is 8.42 Å². The zero-order valence-corrected chi connectivity index (χ0v) is 13.2. The van der Waals surface area contributed by atoms with E-state index in [-0.39, 0.29) is 36.4 Å². The molecule has 2 rings (SSSR count). The molecule has 0 radical (unpaired) electrons. The van der Waals surface area contributed by atoms with Crippen LogP contribution in [0.1, 0.15) is 16.1 Å². The largest absolute Gasteiger partial charge is 0.396 e. The Labute approximate surface area is 127 Å². The summed E-state index contributed by atoms with van der Waals surface area (Å²) in [7, 11) is -2.25. The van der Waals surface area contributed by atoms with Gasteiger partial charge in [-0.05, 0) is 12.5 Å². The highest BCUT2D eigenvalue weighted by Crippen LogP contribution is 2.27. The van der Waals surface area contributed by atoms with Gasteiger partial charge in [0.15, 0.2) is 0 Å². The number of piperidine rings is 1. The van der Waals surface area contributed by atoms with E-state index in [1.165, 1.54) is 22.8 Å². The summed E-state index contributed by atoms with van der Waals surface area (Å²) in [5.41, 5.74) is 0. The third-order valence-electron chi connectivity index (χ3n) is 3.58. The van der Waals surface area contributed by atoms with E-state index < -0.39 is 16.1 Å². The van der Waals surface area contributed by atoms with E-state index in [2.05, 4.69) is 5.32 Å². The molecule has 0 saturated carbocycles. The number of thiophene rings is 1. The van der Waals surface area contributed by atoms with Crippen LogP contribution in [-0.4, -0.2) is 61.7 Å². The van der Waals surface area contributed by atoms with Gasteiger partial charge in [-0.2, -0.15) is 4.31 Å². The standard InChI is InChI=1S/C12H18N2O5S2/c1-13-12(17)11-4-9(7-20-11)21(18,19)14-3-2-8(6-15)10(16)5-14/h4,7-8,10,15-16H,2-3,5-6H2,1H3,(H,13,17)/t8-,10-/m1/s1. The molecule has 118 valence electrons. The molecule has 0 aliphatic carbocycles. The van der Waals surface area contributed by atoms with E-state index in [1.54, 1.807) is 0 Å². The highest BCUT2D eigenvalue weighted by Gasteiger charge is 2.35. The van der Waals surface area contributed by atoms with E-state index in [0.717, 1.165) is 11.3 Å². The summed E-state index contributed by atoms with van der Waals surface area (Å²) >= 11 is 1.06. The predicted octanol–water partition coefficient (Wildman–Crippen LogP) is -0.528. The number of nitrogens with one attached hydrogen (secondary N) is 1. The monoisotopic (exact) mass is 334 g/mol. The number of β-amino-alcohol motifs (C(OH)–C–C–N with tert-alkyl or cyclic N) is 1. The molecule has 0 spiro atoms. The number of hydrogen-bond donors (Lipinski definition) is 3. The Balaban J connectivity index is 2.19. The van der Waals surface area contributed by atoms with Gasteiger partial charge in [0.1, 0.15) is 0 Å². The van der Waals surface area contributed by atoms with Crippen molar-refractivity contribution in [3.8, 4) is 0 Å². The molecule has 1 saturated heterocycles. The van der Waals surface area contributed by atoms with Crippen LogP contribution >= 0.6 is 11.3 Å². The maximum atomic E-state index is 12.5. The number of amides is 1. The van der Waals surface area contributed by atoms with Gasteiger partial charge in [-0.3, -0.25) is 4.79 Å². The number of aliphatic hydroxyl groups excluding tert-OH is 2. The Kier molecular flexibility index (Phi) is 4.99. The van der Waals surface area contributed by atoms with Crippen LogP contribution in [0.3, 0.4) is 0 Å². The van der Waals surface area contributed by atoms with Crippen molar-refractivity contribution < 1.29 is 23.4 Å². The Hall–Kier alpha value is -1.00. The van der Waals surface area contributed by atoms with E-state index >= 15 is 0 Å². The molecular formula is C12H18N2O5S2. The smallest absolute Gasteiger partial charge is 0.261 e. The van der Waals surface area contributed by atoms with Crippen molar-refractivity contribution in [1.29, 1.82) is 0 Å². The fraction of sp³-hybridized carbons (Fsp3) is 0.583. The molecule has 9 heteroatoms. The van der Waals surface area contributed by atoms with E-state index in [1.807, 2.05) is 0 Å². The molecule has 0 unspecified atom stereocenters. The van der Waals surface area contributed by atoms with Crippen LogP contribution in [0, 0.1) is 5.92 Å². The summed E-state index contributed by atoms with van der Waals surface area (Å²) in [4.78, 5) is 11.9. The molecule has 2 heterocycles. The first-order valence-corrected chi connectivity index (χ1v) is 8.81. The lowest BCUT2D eigenvalue weighted by atomic mass is 9.96. The number of hydrogen-bond acceptors (Lipinski definition) is 6. The Bertz CT molecular complexity index is 613. The highest BCUT2D eigenvalue weighted by atomic mass is 32.2. The maximum Gasteiger partial charge on any atom is 0.261 e. The van der Waals surface area contributed by atoms with Crippen molar-refractivity contribution in [3.63, 3.8) is 0 Å². The molecule has 3 N–H and O–H groups in total. The van der Waals surface area contributed by atoms with Crippen LogP contribution in [0.4, 0.5) is 0 Å². The van der Waals surface area contributed by atoms with Gasteiger partial charge in [0.2, 0.25) is 10.0 Å². The second-order valence-electron chi connectivity index (χ2n) is 4.89. The van der Waals surface area contributed by atoms with Gasteiger partial charge in [0, 0.05) is 38.0 Å². The molecule has 0 aromatic carbocycles. The summed E-state index contributed by atoms with van der Waals surface area (Å²) in [6, 6.07) is 1.34. The van der Waals surface area contributed by atoms with E-state index in [0.29, 0.717) is 11.3 Å². The second kappa shape index (κ2) is 6.41. The van der Waals surface area contributed by atoms with Crippen LogP contribution in [0.5, 0.6) is 0 Å². The summed E-state index contributed by atoms with van der Waals surface area (Å²) in [5, 5.41) is 22.8. The van der Waals surface area contributed by atoms with Crippen LogP contribution in [-0.2, 0) is 10.0 Å². The molecule has 1 amide bonds. The Morgan fingerprint density at radius 1 is 1.57 bits per heavy atom. The average Bonchev–Trinajstić information content (AvgIpc) is 2.96. The molecule has 21 heavy (non-hydrogen) atoms. The molecule has 1 aromatic heterocycles. The normalized spacial score (nSPS) is 24.0. The van der Waals surface area contributed by atoms with Gasteiger partial charge in [-0.1, -0.05) is 0 Å². The van der Waals surface area contributed by atoms with Gasteiger partial charge in [0.05, 0.1) is 15.9 Å². The predicted molar refractivity (Wildman–Crippen MR) is 77.7 cm³/mol. The topological polar surface area (TPSA) is 107 Å². The first-order valence-electron chi connectivity index (χ1n) is 6.49. The van der Waals surface area contributed by atoms with Crippen molar-refractivity contribution in [3.05, 3.63) is 16.3 Å². The molecule has 1 aliphatic rings. The van der Waals surface area contributed by atoms with Crippen LogP contribution < -0.4 is 5.32 Å². The van der Waals surface area contributed by atoms with Crippen molar-refractivity contribution in [1.82, 2.24) is 9.62 Å². The zero-order valence-electron chi connectivity index (χ0n) is 11.5. The number of carbonyl (C=O) groups is 1. The van der Waals surface area contributed by atoms with Gasteiger partial charge < -0.3 is 15.5 Å². The fourth-order valence-electron chi connectivity index (χ4n) is 2.23.